The van der Waals surface area contributed by atoms with Gasteiger partial charge >= 0.3 is 0 Å². The lowest BCUT2D eigenvalue weighted by Crippen LogP contribution is -2.48. The number of ether oxygens (including phenoxy) is 1. The quantitative estimate of drug-likeness (QED) is 0.809. The zero-order chi connectivity index (χ0) is 17.8. The van der Waals surface area contributed by atoms with Crippen molar-refractivity contribution in [3.8, 4) is 5.88 Å². The van der Waals surface area contributed by atoms with Gasteiger partial charge in [0.15, 0.2) is 0 Å². The number of piperazine rings is 1. The van der Waals surface area contributed by atoms with E-state index in [1.165, 1.54) is 29.9 Å². The van der Waals surface area contributed by atoms with Crippen LogP contribution in [0.25, 0.3) is 0 Å². The monoisotopic (exact) mass is 354 g/mol. The van der Waals surface area contributed by atoms with Crippen molar-refractivity contribution < 1.29 is 4.74 Å². The molecule has 2 aliphatic rings. The smallest absolute Gasteiger partial charge is 0.233 e. The van der Waals surface area contributed by atoms with Crippen LogP contribution in [0, 0.1) is 6.92 Å². The van der Waals surface area contributed by atoms with Crippen molar-refractivity contribution >= 4 is 5.82 Å². The lowest BCUT2D eigenvalue weighted by molar-refractivity contribution is 0.195. The van der Waals surface area contributed by atoms with Crippen molar-refractivity contribution in [1.82, 2.24) is 25.1 Å². The van der Waals surface area contributed by atoms with Gasteiger partial charge in [-0.25, -0.2) is 9.97 Å². The summed E-state index contributed by atoms with van der Waals surface area (Å²) < 4.78 is 5.70. The van der Waals surface area contributed by atoms with E-state index in [4.69, 9.17) is 4.74 Å². The molecule has 0 N–H and O–H groups in total. The summed E-state index contributed by atoms with van der Waals surface area (Å²) in [6.45, 7) is 7.54. The number of nitrogens with zero attached hydrogens (tertiary/aromatic N) is 6. The molecule has 26 heavy (non-hydrogen) atoms. The predicted octanol–water partition coefficient (Wildman–Crippen LogP) is 1.65. The summed E-state index contributed by atoms with van der Waals surface area (Å²) in [5, 5.41) is 8.06. The summed E-state index contributed by atoms with van der Waals surface area (Å²) in [5.41, 5.74) is 3.55. The minimum atomic E-state index is 0.599. The average molecular weight is 354 g/mol. The van der Waals surface area contributed by atoms with E-state index in [0.29, 0.717) is 12.5 Å². The minimum absolute atomic E-state index is 0.599. The molecule has 1 fully saturated rings. The molecule has 3 heterocycles. The Bertz CT molecular complexity index is 727. The van der Waals surface area contributed by atoms with Crippen LogP contribution in [0.15, 0.2) is 18.5 Å². The summed E-state index contributed by atoms with van der Waals surface area (Å²) in [6.07, 6.45) is 6.47. The second kappa shape index (κ2) is 7.95. The van der Waals surface area contributed by atoms with E-state index in [9.17, 15) is 0 Å². The molecule has 138 valence electrons. The van der Waals surface area contributed by atoms with Crippen molar-refractivity contribution in [2.75, 3.05) is 44.2 Å². The van der Waals surface area contributed by atoms with Gasteiger partial charge in [0.25, 0.3) is 0 Å². The molecule has 0 spiro atoms. The minimum Gasteiger partial charge on any atom is -0.475 e. The number of hydrogen-bond acceptors (Lipinski definition) is 7. The van der Waals surface area contributed by atoms with Crippen molar-refractivity contribution in [1.29, 1.82) is 0 Å². The number of hydrogen-bond donors (Lipinski definition) is 0. The lowest BCUT2D eigenvalue weighted by Gasteiger charge is -2.36. The van der Waals surface area contributed by atoms with Crippen LogP contribution in [0.5, 0.6) is 5.88 Å². The molecule has 4 rings (SSSR count). The molecular formula is C19H26N6O. The Balaban J connectivity index is 1.27. The molecule has 0 amide bonds. The first-order chi connectivity index (χ1) is 12.8. The van der Waals surface area contributed by atoms with Gasteiger partial charge in [-0.1, -0.05) is 0 Å². The van der Waals surface area contributed by atoms with Gasteiger partial charge in [0.1, 0.15) is 18.8 Å². The number of aryl methyl sites for hydroxylation is 2. The third-order valence-electron chi connectivity index (χ3n) is 5.20. The Hall–Kier alpha value is -2.28. The maximum absolute atomic E-state index is 5.70. The van der Waals surface area contributed by atoms with E-state index < -0.39 is 0 Å². The fraction of sp³-hybridized carbons (Fsp3) is 0.579. The normalized spacial score (nSPS) is 17.8. The predicted molar refractivity (Wildman–Crippen MR) is 99.6 cm³/mol. The highest BCUT2D eigenvalue weighted by atomic mass is 16.5. The van der Waals surface area contributed by atoms with Crippen LogP contribution in [0.1, 0.15) is 29.8 Å². The molecular weight excluding hydrogens is 328 g/mol. The van der Waals surface area contributed by atoms with Crippen LogP contribution in [0.2, 0.25) is 0 Å². The molecule has 0 bridgehead atoms. The van der Waals surface area contributed by atoms with Gasteiger partial charge in [0.05, 0.1) is 5.69 Å². The molecule has 0 aromatic carbocycles. The molecule has 7 nitrogen and oxygen atoms in total. The molecule has 0 saturated carbocycles. The first-order valence-corrected chi connectivity index (χ1v) is 9.53. The van der Waals surface area contributed by atoms with Gasteiger partial charge in [-0.2, -0.15) is 5.10 Å². The van der Waals surface area contributed by atoms with Gasteiger partial charge in [0, 0.05) is 50.0 Å². The summed E-state index contributed by atoms with van der Waals surface area (Å²) in [6, 6.07) is 3.79. The van der Waals surface area contributed by atoms with Gasteiger partial charge < -0.3 is 9.64 Å². The molecule has 0 atom stereocenters. The fourth-order valence-corrected chi connectivity index (χ4v) is 3.70. The molecule has 1 aliphatic carbocycles. The highest BCUT2D eigenvalue weighted by Gasteiger charge is 2.23. The topological polar surface area (TPSA) is 67.3 Å². The number of rotatable bonds is 5. The van der Waals surface area contributed by atoms with Crippen molar-refractivity contribution in [3.05, 3.63) is 35.4 Å². The second-order valence-electron chi connectivity index (χ2n) is 7.02. The lowest BCUT2D eigenvalue weighted by atomic mass is 9.96. The zero-order valence-electron chi connectivity index (χ0n) is 15.4. The maximum atomic E-state index is 5.70. The number of anilines is 1. The first-order valence-electron chi connectivity index (χ1n) is 9.53. The van der Waals surface area contributed by atoms with E-state index in [0.717, 1.165) is 51.3 Å². The zero-order valence-corrected chi connectivity index (χ0v) is 15.4. The maximum Gasteiger partial charge on any atom is 0.233 e. The SMILES string of the molecule is Cc1ccc(OCCN2CCN(c3ncnc4c3CCCC4)CC2)nn1. The molecule has 0 unspecified atom stereocenters. The fourth-order valence-electron chi connectivity index (χ4n) is 3.70. The average Bonchev–Trinajstić information content (AvgIpc) is 2.70. The highest BCUT2D eigenvalue weighted by Crippen LogP contribution is 2.27. The van der Waals surface area contributed by atoms with Gasteiger partial charge in [0.2, 0.25) is 5.88 Å². The van der Waals surface area contributed by atoms with Crippen LogP contribution in [-0.2, 0) is 12.8 Å². The van der Waals surface area contributed by atoms with Crippen molar-refractivity contribution in [3.63, 3.8) is 0 Å². The first kappa shape index (κ1) is 17.1. The van der Waals surface area contributed by atoms with Crippen LogP contribution in [0.3, 0.4) is 0 Å². The van der Waals surface area contributed by atoms with Crippen LogP contribution in [0.4, 0.5) is 5.82 Å². The van der Waals surface area contributed by atoms with E-state index in [1.807, 2.05) is 19.1 Å². The van der Waals surface area contributed by atoms with E-state index >= 15 is 0 Å². The molecule has 2 aromatic heterocycles. The Morgan fingerprint density at radius 3 is 2.65 bits per heavy atom. The summed E-state index contributed by atoms with van der Waals surface area (Å²) >= 11 is 0. The van der Waals surface area contributed by atoms with Gasteiger partial charge in [-0.3, -0.25) is 4.90 Å². The Kier molecular flexibility index (Phi) is 5.24. The van der Waals surface area contributed by atoms with Crippen molar-refractivity contribution in [2.24, 2.45) is 0 Å². The standard InChI is InChI=1S/C19H26N6O/c1-15-6-7-18(23-22-15)26-13-12-24-8-10-25(11-9-24)19-16-4-2-3-5-17(16)20-14-21-19/h6-7,14H,2-5,8-13H2,1H3. The molecule has 7 heteroatoms. The van der Waals surface area contributed by atoms with E-state index in [2.05, 4.69) is 30.0 Å². The largest absolute Gasteiger partial charge is 0.475 e. The van der Waals surface area contributed by atoms with E-state index in [-0.39, 0.29) is 0 Å². The third kappa shape index (κ3) is 3.93. The second-order valence-corrected chi connectivity index (χ2v) is 7.02. The highest BCUT2D eigenvalue weighted by molar-refractivity contribution is 5.50. The summed E-state index contributed by atoms with van der Waals surface area (Å²) in [7, 11) is 0. The molecule has 0 radical (unpaired) electrons. The van der Waals surface area contributed by atoms with Gasteiger partial charge in [-0.05, 0) is 38.7 Å². The Morgan fingerprint density at radius 2 is 1.85 bits per heavy atom. The van der Waals surface area contributed by atoms with Crippen LogP contribution in [-0.4, -0.2) is 64.4 Å². The number of aromatic nitrogens is 4. The molecule has 2 aromatic rings. The number of fused-ring (bicyclic) bond motifs is 1. The third-order valence-corrected chi connectivity index (χ3v) is 5.20. The summed E-state index contributed by atoms with van der Waals surface area (Å²) in [5.74, 6) is 1.77. The molecule has 1 aliphatic heterocycles. The Morgan fingerprint density at radius 1 is 1.00 bits per heavy atom. The van der Waals surface area contributed by atoms with E-state index in [1.54, 1.807) is 6.33 Å². The molecule has 1 saturated heterocycles. The summed E-state index contributed by atoms with van der Waals surface area (Å²) in [4.78, 5) is 14.0. The van der Waals surface area contributed by atoms with Crippen LogP contribution < -0.4 is 9.64 Å². The van der Waals surface area contributed by atoms with Crippen LogP contribution >= 0.6 is 0 Å². The van der Waals surface area contributed by atoms with Gasteiger partial charge in [-0.15, -0.1) is 5.10 Å². The van der Waals surface area contributed by atoms with Crippen molar-refractivity contribution in [2.45, 2.75) is 32.6 Å². The Labute approximate surface area is 154 Å².